The van der Waals surface area contributed by atoms with Gasteiger partial charge in [0.1, 0.15) is 0 Å². The zero-order valence-electron chi connectivity index (χ0n) is 7.97. The lowest BCUT2D eigenvalue weighted by Crippen LogP contribution is -2.35. The molecule has 1 saturated carbocycles. The Morgan fingerprint density at radius 1 is 1.33 bits per heavy atom. The lowest BCUT2D eigenvalue weighted by atomic mass is 9.95. The van der Waals surface area contributed by atoms with E-state index in [-0.39, 0.29) is 17.8 Å². The van der Waals surface area contributed by atoms with Crippen LogP contribution in [0.1, 0.15) is 39.5 Å². The van der Waals surface area contributed by atoms with E-state index >= 15 is 0 Å². The number of aliphatic hydroxyl groups excluding tert-OH is 1. The first kappa shape index (κ1) is 8.52. The first-order valence-corrected chi connectivity index (χ1v) is 4.89. The van der Waals surface area contributed by atoms with Crippen molar-refractivity contribution in [1.82, 2.24) is 0 Å². The van der Waals surface area contributed by atoms with Crippen LogP contribution in [0.5, 0.6) is 0 Å². The van der Waals surface area contributed by atoms with Crippen LogP contribution in [0.2, 0.25) is 0 Å². The fourth-order valence-corrected chi connectivity index (χ4v) is 2.27. The van der Waals surface area contributed by atoms with E-state index in [1.165, 1.54) is 12.8 Å². The Hall–Kier alpha value is -0.0800. The van der Waals surface area contributed by atoms with Crippen LogP contribution in [-0.2, 0) is 4.74 Å². The van der Waals surface area contributed by atoms with Crippen molar-refractivity contribution in [3.8, 4) is 0 Å². The second kappa shape index (κ2) is 2.46. The molecular weight excluding hydrogens is 152 g/mol. The summed E-state index contributed by atoms with van der Waals surface area (Å²) in [4.78, 5) is 0. The van der Waals surface area contributed by atoms with Crippen molar-refractivity contribution >= 4 is 0 Å². The lowest BCUT2D eigenvalue weighted by Gasteiger charge is -2.29. The van der Waals surface area contributed by atoms with Crippen LogP contribution in [0.25, 0.3) is 0 Å². The van der Waals surface area contributed by atoms with Gasteiger partial charge < -0.3 is 9.84 Å². The first-order valence-electron chi connectivity index (χ1n) is 4.89. The molecule has 0 bridgehead atoms. The average Bonchev–Trinajstić information content (AvgIpc) is 2.81. The summed E-state index contributed by atoms with van der Waals surface area (Å²) in [7, 11) is 0. The SMILES string of the molecule is CC1(CO)CCC(C)(C2CC2)O1. The van der Waals surface area contributed by atoms with Crippen molar-refractivity contribution in [2.45, 2.75) is 50.7 Å². The quantitative estimate of drug-likeness (QED) is 0.683. The summed E-state index contributed by atoms with van der Waals surface area (Å²) in [5, 5.41) is 9.13. The van der Waals surface area contributed by atoms with Gasteiger partial charge in [-0.15, -0.1) is 0 Å². The molecule has 2 fully saturated rings. The Bertz CT molecular complexity index is 188. The number of hydrogen-bond acceptors (Lipinski definition) is 2. The Morgan fingerprint density at radius 3 is 2.42 bits per heavy atom. The van der Waals surface area contributed by atoms with Crippen LogP contribution in [-0.4, -0.2) is 22.9 Å². The van der Waals surface area contributed by atoms with Gasteiger partial charge in [0.05, 0.1) is 17.8 Å². The summed E-state index contributed by atoms with van der Waals surface area (Å²) in [6.07, 6.45) is 4.77. The molecular formula is C10H18O2. The Kier molecular flexibility index (Phi) is 1.74. The van der Waals surface area contributed by atoms with E-state index in [0.29, 0.717) is 0 Å². The summed E-state index contributed by atoms with van der Waals surface area (Å²) in [6, 6.07) is 0. The number of aliphatic hydroxyl groups is 1. The zero-order valence-corrected chi connectivity index (χ0v) is 7.97. The van der Waals surface area contributed by atoms with E-state index in [1.54, 1.807) is 0 Å². The summed E-state index contributed by atoms with van der Waals surface area (Å²) >= 11 is 0. The standard InChI is InChI=1S/C10H18O2/c1-9(7-11)5-6-10(2,12-9)8-3-4-8/h8,11H,3-7H2,1-2H3. The van der Waals surface area contributed by atoms with Gasteiger partial charge >= 0.3 is 0 Å². The van der Waals surface area contributed by atoms with Crippen molar-refractivity contribution in [3.63, 3.8) is 0 Å². The highest BCUT2D eigenvalue weighted by Crippen LogP contribution is 2.51. The molecule has 1 heterocycles. The minimum atomic E-state index is -0.253. The van der Waals surface area contributed by atoms with E-state index in [4.69, 9.17) is 9.84 Å². The highest BCUT2D eigenvalue weighted by molar-refractivity contribution is 5.00. The first-order chi connectivity index (χ1) is 5.58. The average molecular weight is 170 g/mol. The van der Waals surface area contributed by atoms with Gasteiger partial charge in [0.15, 0.2) is 0 Å². The third-order valence-corrected chi connectivity index (χ3v) is 3.41. The molecule has 1 aliphatic heterocycles. The van der Waals surface area contributed by atoms with Gasteiger partial charge in [-0.25, -0.2) is 0 Å². The molecule has 0 radical (unpaired) electrons. The van der Waals surface area contributed by atoms with E-state index in [1.807, 2.05) is 6.92 Å². The Labute approximate surface area is 73.9 Å². The predicted molar refractivity (Wildman–Crippen MR) is 46.9 cm³/mol. The molecule has 0 aromatic heterocycles. The minimum Gasteiger partial charge on any atom is -0.393 e. The lowest BCUT2D eigenvalue weighted by molar-refractivity contribution is -0.116. The number of ether oxygens (including phenoxy) is 1. The molecule has 0 aromatic rings. The van der Waals surface area contributed by atoms with Crippen LogP contribution in [0, 0.1) is 5.92 Å². The molecule has 0 spiro atoms. The van der Waals surface area contributed by atoms with Crippen molar-refractivity contribution in [1.29, 1.82) is 0 Å². The fraction of sp³-hybridized carbons (Fsp3) is 1.00. The van der Waals surface area contributed by atoms with Gasteiger partial charge in [-0.2, -0.15) is 0 Å². The summed E-state index contributed by atoms with van der Waals surface area (Å²) in [6.45, 7) is 4.38. The molecule has 0 amide bonds. The maximum atomic E-state index is 9.13. The molecule has 12 heavy (non-hydrogen) atoms. The molecule has 2 unspecified atom stereocenters. The van der Waals surface area contributed by atoms with Gasteiger partial charge in [-0.3, -0.25) is 0 Å². The molecule has 0 aromatic carbocycles. The molecule has 70 valence electrons. The minimum absolute atomic E-state index is 0.0808. The summed E-state index contributed by atoms with van der Waals surface area (Å²) < 4.78 is 5.96. The largest absolute Gasteiger partial charge is 0.393 e. The molecule has 1 N–H and O–H groups in total. The summed E-state index contributed by atoms with van der Waals surface area (Å²) in [5.74, 6) is 0.769. The third kappa shape index (κ3) is 1.27. The Morgan fingerprint density at radius 2 is 2.00 bits per heavy atom. The van der Waals surface area contributed by atoms with E-state index in [2.05, 4.69) is 6.92 Å². The zero-order chi connectivity index (χ0) is 8.82. The Balaban J connectivity index is 2.04. The second-order valence-corrected chi connectivity index (χ2v) is 4.80. The highest BCUT2D eigenvalue weighted by atomic mass is 16.5. The monoisotopic (exact) mass is 170 g/mol. The van der Waals surface area contributed by atoms with Crippen molar-refractivity contribution in [2.24, 2.45) is 5.92 Å². The van der Waals surface area contributed by atoms with Gasteiger partial charge in [0, 0.05) is 0 Å². The van der Waals surface area contributed by atoms with Crippen molar-refractivity contribution in [3.05, 3.63) is 0 Å². The number of hydrogen-bond donors (Lipinski definition) is 1. The third-order valence-electron chi connectivity index (χ3n) is 3.41. The van der Waals surface area contributed by atoms with E-state index in [9.17, 15) is 0 Å². The van der Waals surface area contributed by atoms with E-state index in [0.717, 1.165) is 18.8 Å². The van der Waals surface area contributed by atoms with Crippen molar-refractivity contribution in [2.75, 3.05) is 6.61 Å². The maximum Gasteiger partial charge on any atom is 0.0892 e. The van der Waals surface area contributed by atoms with Crippen LogP contribution in [0.15, 0.2) is 0 Å². The second-order valence-electron chi connectivity index (χ2n) is 4.80. The van der Waals surface area contributed by atoms with Crippen LogP contribution >= 0.6 is 0 Å². The van der Waals surface area contributed by atoms with Crippen molar-refractivity contribution < 1.29 is 9.84 Å². The molecule has 2 atom stereocenters. The van der Waals surface area contributed by atoms with E-state index < -0.39 is 0 Å². The normalized spacial score (nSPS) is 48.2. The smallest absolute Gasteiger partial charge is 0.0892 e. The van der Waals surface area contributed by atoms with Crippen LogP contribution in [0.3, 0.4) is 0 Å². The molecule has 2 nitrogen and oxygen atoms in total. The predicted octanol–water partition coefficient (Wildman–Crippen LogP) is 1.72. The highest BCUT2D eigenvalue weighted by Gasteiger charge is 2.51. The van der Waals surface area contributed by atoms with Gasteiger partial charge in [0.25, 0.3) is 0 Å². The molecule has 2 rings (SSSR count). The molecule has 2 heteroatoms. The van der Waals surface area contributed by atoms with Crippen LogP contribution < -0.4 is 0 Å². The molecule has 2 aliphatic rings. The summed E-state index contributed by atoms with van der Waals surface area (Å²) in [5.41, 5.74) is -0.172. The molecule has 1 saturated heterocycles. The topological polar surface area (TPSA) is 29.5 Å². The number of rotatable bonds is 2. The van der Waals surface area contributed by atoms with Gasteiger partial charge in [-0.05, 0) is 45.4 Å². The van der Waals surface area contributed by atoms with Gasteiger partial charge in [-0.1, -0.05) is 0 Å². The van der Waals surface area contributed by atoms with Gasteiger partial charge in [0.2, 0.25) is 0 Å². The molecule has 1 aliphatic carbocycles. The van der Waals surface area contributed by atoms with Crippen LogP contribution in [0.4, 0.5) is 0 Å². The maximum absolute atomic E-state index is 9.13. The fourth-order valence-electron chi connectivity index (χ4n) is 2.27.